The maximum absolute atomic E-state index is 3.46. The van der Waals surface area contributed by atoms with Gasteiger partial charge in [-0.3, -0.25) is 0 Å². The minimum Gasteiger partial charge on any atom is -0.319 e. The highest BCUT2D eigenvalue weighted by Crippen LogP contribution is 2.36. The molecule has 0 fully saturated rings. The standard InChI is InChI=1S/C24H36N2.2ClH/c1-21(2)24(20-25-3,23-14-9-6-10-15-23)17-11-18-26(4)19-16-22-12-7-5-8-13-22;;/h5-10,12-15,21,25H,11,16-20H2,1-4H3;2*1H. The van der Waals surface area contributed by atoms with Crippen molar-refractivity contribution in [2.24, 2.45) is 5.92 Å². The van der Waals surface area contributed by atoms with E-state index in [1.54, 1.807) is 0 Å². The minimum atomic E-state index is 0. The van der Waals surface area contributed by atoms with Crippen LogP contribution in [0.2, 0.25) is 0 Å². The van der Waals surface area contributed by atoms with E-state index in [1.807, 2.05) is 0 Å². The van der Waals surface area contributed by atoms with Gasteiger partial charge >= 0.3 is 0 Å². The minimum absolute atomic E-state index is 0. The fourth-order valence-electron chi connectivity index (χ4n) is 3.99. The number of nitrogens with zero attached hydrogens (tertiary/aromatic N) is 1. The second kappa shape index (κ2) is 14.0. The average molecular weight is 425 g/mol. The Bertz CT molecular complexity index is 619. The molecule has 0 spiro atoms. The molecule has 2 nitrogen and oxygen atoms in total. The molecule has 1 unspecified atom stereocenters. The molecule has 0 heterocycles. The number of likely N-dealkylation sites (N-methyl/N-ethyl adjacent to an activating group) is 2. The molecule has 0 saturated heterocycles. The third-order valence-corrected chi connectivity index (χ3v) is 5.73. The van der Waals surface area contributed by atoms with Crippen LogP contribution >= 0.6 is 24.8 Å². The Morgan fingerprint density at radius 1 is 0.893 bits per heavy atom. The molecule has 0 aliphatic rings. The molecule has 2 aromatic carbocycles. The van der Waals surface area contributed by atoms with E-state index >= 15 is 0 Å². The van der Waals surface area contributed by atoms with Gasteiger partial charge in [-0.1, -0.05) is 74.5 Å². The number of halogens is 2. The Kier molecular flexibility index (Phi) is 13.5. The lowest BCUT2D eigenvalue weighted by Crippen LogP contribution is -2.42. The second-order valence-corrected chi connectivity index (χ2v) is 7.85. The number of hydrogen-bond donors (Lipinski definition) is 1. The third-order valence-electron chi connectivity index (χ3n) is 5.73. The van der Waals surface area contributed by atoms with Crippen LogP contribution < -0.4 is 5.32 Å². The smallest absolute Gasteiger partial charge is 0.0101 e. The zero-order valence-corrected chi connectivity index (χ0v) is 19.5. The molecule has 1 N–H and O–H groups in total. The summed E-state index contributed by atoms with van der Waals surface area (Å²) in [6, 6.07) is 21.9. The Hall–Kier alpha value is -1.06. The van der Waals surface area contributed by atoms with Gasteiger partial charge in [0.05, 0.1) is 0 Å². The van der Waals surface area contributed by atoms with Crippen LogP contribution in [0.25, 0.3) is 0 Å². The van der Waals surface area contributed by atoms with Gasteiger partial charge in [-0.05, 0) is 56.9 Å². The summed E-state index contributed by atoms with van der Waals surface area (Å²) in [5, 5.41) is 3.46. The maximum atomic E-state index is 3.46. The normalized spacial score (nSPS) is 12.9. The highest BCUT2D eigenvalue weighted by molar-refractivity contribution is 5.85. The molecule has 0 radical (unpaired) electrons. The van der Waals surface area contributed by atoms with Crippen LogP contribution in [0.1, 0.15) is 37.8 Å². The van der Waals surface area contributed by atoms with Crippen LogP contribution in [0.3, 0.4) is 0 Å². The monoisotopic (exact) mass is 424 g/mol. The predicted octanol–water partition coefficient (Wildman–Crippen LogP) is 5.60. The van der Waals surface area contributed by atoms with E-state index in [0.29, 0.717) is 5.92 Å². The van der Waals surface area contributed by atoms with Gasteiger partial charge in [0.1, 0.15) is 0 Å². The highest BCUT2D eigenvalue weighted by Gasteiger charge is 2.34. The van der Waals surface area contributed by atoms with Gasteiger partial charge in [0.15, 0.2) is 0 Å². The molecule has 0 amide bonds. The van der Waals surface area contributed by atoms with Crippen LogP contribution in [-0.2, 0) is 11.8 Å². The lowest BCUT2D eigenvalue weighted by molar-refractivity contribution is 0.246. The molecular weight excluding hydrogens is 387 g/mol. The molecule has 2 rings (SSSR count). The van der Waals surface area contributed by atoms with Crippen LogP contribution in [0.5, 0.6) is 0 Å². The summed E-state index contributed by atoms with van der Waals surface area (Å²) in [4.78, 5) is 2.47. The molecule has 4 heteroatoms. The predicted molar refractivity (Wildman–Crippen MR) is 128 cm³/mol. The fourth-order valence-corrected chi connectivity index (χ4v) is 3.99. The van der Waals surface area contributed by atoms with Gasteiger partial charge in [-0.2, -0.15) is 0 Å². The van der Waals surface area contributed by atoms with Crippen molar-refractivity contribution in [3.63, 3.8) is 0 Å². The first-order valence-corrected chi connectivity index (χ1v) is 10.0. The maximum Gasteiger partial charge on any atom is 0.0101 e. The van der Waals surface area contributed by atoms with Crippen LogP contribution in [0, 0.1) is 5.92 Å². The third kappa shape index (κ3) is 7.75. The van der Waals surface area contributed by atoms with Crippen molar-refractivity contribution < 1.29 is 0 Å². The average Bonchev–Trinajstić information content (AvgIpc) is 2.67. The topological polar surface area (TPSA) is 15.3 Å². The largest absolute Gasteiger partial charge is 0.319 e. The zero-order chi connectivity index (χ0) is 18.8. The number of rotatable bonds is 11. The molecule has 0 saturated carbocycles. The lowest BCUT2D eigenvalue weighted by atomic mass is 9.68. The summed E-state index contributed by atoms with van der Waals surface area (Å²) in [7, 11) is 4.33. The molecular formula is C24H38Cl2N2. The number of benzene rings is 2. The van der Waals surface area contributed by atoms with Crippen molar-refractivity contribution >= 4 is 24.8 Å². The highest BCUT2D eigenvalue weighted by atomic mass is 35.5. The summed E-state index contributed by atoms with van der Waals surface area (Å²) in [6.07, 6.45) is 3.56. The van der Waals surface area contributed by atoms with Gasteiger partial charge in [-0.25, -0.2) is 0 Å². The molecule has 2 aromatic rings. The van der Waals surface area contributed by atoms with E-state index in [0.717, 1.165) is 26.1 Å². The quantitative estimate of drug-likeness (QED) is 0.504. The van der Waals surface area contributed by atoms with Crippen molar-refractivity contribution in [3.8, 4) is 0 Å². The van der Waals surface area contributed by atoms with Crippen LogP contribution in [0.4, 0.5) is 0 Å². The Morgan fingerprint density at radius 3 is 2.00 bits per heavy atom. The van der Waals surface area contributed by atoms with E-state index in [-0.39, 0.29) is 30.2 Å². The van der Waals surface area contributed by atoms with Crippen LogP contribution in [0.15, 0.2) is 60.7 Å². The second-order valence-electron chi connectivity index (χ2n) is 7.85. The summed E-state index contributed by atoms with van der Waals surface area (Å²) < 4.78 is 0. The van der Waals surface area contributed by atoms with Crippen molar-refractivity contribution in [2.75, 3.05) is 33.7 Å². The molecule has 1 atom stereocenters. The summed E-state index contributed by atoms with van der Waals surface area (Å²) in [5.74, 6) is 0.604. The molecule has 0 aromatic heterocycles. The molecule has 0 bridgehead atoms. The first-order valence-electron chi connectivity index (χ1n) is 10.0. The molecule has 0 aliphatic heterocycles. The molecule has 158 valence electrons. The first kappa shape index (κ1) is 26.9. The Labute approximate surface area is 184 Å². The van der Waals surface area contributed by atoms with Gasteiger partial charge < -0.3 is 10.2 Å². The van der Waals surface area contributed by atoms with E-state index in [2.05, 4.69) is 98.8 Å². The molecule has 28 heavy (non-hydrogen) atoms. The SMILES string of the molecule is CNCC(CCCN(C)CCc1ccccc1)(c1ccccc1)C(C)C.Cl.Cl. The van der Waals surface area contributed by atoms with E-state index < -0.39 is 0 Å². The van der Waals surface area contributed by atoms with Crippen LogP contribution in [-0.4, -0.2) is 38.6 Å². The number of nitrogens with one attached hydrogen (secondary N) is 1. The Balaban J connectivity index is 0.00000364. The first-order chi connectivity index (χ1) is 12.6. The van der Waals surface area contributed by atoms with E-state index in [4.69, 9.17) is 0 Å². The number of hydrogen-bond acceptors (Lipinski definition) is 2. The van der Waals surface area contributed by atoms with Gasteiger partial charge in [-0.15, -0.1) is 24.8 Å². The van der Waals surface area contributed by atoms with Crippen molar-refractivity contribution in [3.05, 3.63) is 71.8 Å². The van der Waals surface area contributed by atoms with E-state index in [9.17, 15) is 0 Å². The van der Waals surface area contributed by atoms with Crippen molar-refractivity contribution in [2.45, 2.75) is 38.5 Å². The van der Waals surface area contributed by atoms with Crippen molar-refractivity contribution in [1.82, 2.24) is 10.2 Å². The Morgan fingerprint density at radius 2 is 1.46 bits per heavy atom. The van der Waals surface area contributed by atoms with Gasteiger partial charge in [0.25, 0.3) is 0 Å². The summed E-state index contributed by atoms with van der Waals surface area (Å²) in [6.45, 7) is 8.03. The van der Waals surface area contributed by atoms with Gasteiger partial charge in [0.2, 0.25) is 0 Å². The molecule has 0 aliphatic carbocycles. The van der Waals surface area contributed by atoms with Gasteiger partial charge in [0, 0.05) is 18.5 Å². The van der Waals surface area contributed by atoms with Crippen molar-refractivity contribution in [1.29, 1.82) is 0 Å². The fraction of sp³-hybridized carbons (Fsp3) is 0.500. The summed E-state index contributed by atoms with van der Waals surface area (Å²) >= 11 is 0. The zero-order valence-electron chi connectivity index (χ0n) is 17.9. The summed E-state index contributed by atoms with van der Waals surface area (Å²) in [5.41, 5.74) is 3.10. The lowest BCUT2D eigenvalue weighted by Gasteiger charge is -2.39. The van der Waals surface area contributed by atoms with E-state index in [1.165, 1.54) is 24.0 Å².